The maximum Gasteiger partial charge on any atom is 0.339 e. The lowest BCUT2D eigenvalue weighted by Gasteiger charge is -2.21. The zero-order valence-corrected chi connectivity index (χ0v) is 11.6. The molecule has 0 unspecified atom stereocenters. The first-order valence-electron chi connectivity index (χ1n) is 6.47. The molecule has 20 heavy (non-hydrogen) atoms. The largest absolute Gasteiger partial charge is 0.478 e. The molecule has 0 spiro atoms. The van der Waals surface area contributed by atoms with Gasteiger partial charge in [-0.05, 0) is 19.4 Å². The molecule has 0 radical (unpaired) electrons. The monoisotopic (exact) mass is 271 g/mol. The van der Waals surface area contributed by atoms with Crippen LogP contribution >= 0.6 is 0 Å². The van der Waals surface area contributed by atoms with E-state index in [0.717, 1.165) is 12.1 Å². The molecule has 5 heteroatoms. The molecule has 0 amide bonds. The van der Waals surface area contributed by atoms with Crippen molar-refractivity contribution in [1.82, 2.24) is 9.97 Å². The van der Waals surface area contributed by atoms with Crippen molar-refractivity contribution < 1.29 is 9.90 Å². The van der Waals surface area contributed by atoms with E-state index in [9.17, 15) is 4.79 Å². The summed E-state index contributed by atoms with van der Waals surface area (Å²) in [5, 5.41) is 8.99. The Morgan fingerprint density at radius 1 is 1.30 bits per heavy atom. The van der Waals surface area contributed by atoms with E-state index in [0.29, 0.717) is 18.2 Å². The van der Waals surface area contributed by atoms with Crippen LogP contribution in [0, 0.1) is 6.92 Å². The Labute approximate surface area is 117 Å². The molecule has 0 bridgehead atoms. The van der Waals surface area contributed by atoms with Crippen molar-refractivity contribution in [2.45, 2.75) is 20.4 Å². The summed E-state index contributed by atoms with van der Waals surface area (Å²) in [5.41, 5.74) is 1.79. The van der Waals surface area contributed by atoms with Crippen molar-refractivity contribution in [2.24, 2.45) is 0 Å². The first-order chi connectivity index (χ1) is 9.61. The molecule has 1 N–H and O–H groups in total. The van der Waals surface area contributed by atoms with E-state index in [4.69, 9.17) is 5.11 Å². The number of anilines is 1. The van der Waals surface area contributed by atoms with Crippen molar-refractivity contribution in [2.75, 3.05) is 11.4 Å². The minimum atomic E-state index is -1.000. The highest BCUT2D eigenvalue weighted by molar-refractivity contribution is 5.88. The summed E-state index contributed by atoms with van der Waals surface area (Å²) in [7, 11) is 0. The van der Waals surface area contributed by atoms with Gasteiger partial charge in [0, 0.05) is 19.3 Å². The van der Waals surface area contributed by atoms with Crippen LogP contribution in [0.4, 0.5) is 5.95 Å². The van der Waals surface area contributed by atoms with Crippen LogP contribution in [0.3, 0.4) is 0 Å². The predicted octanol–water partition coefficient (Wildman–Crippen LogP) is 2.51. The number of rotatable bonds is 5. The van der Waals surface area contributed by atoms with Gasteiger partial charge >= 0.3 is 5.97 Å². The summed E-state index contributed by atoms with van der Waals surface area (Å²) in [6.07, 6.45) is 1.37. The molecule has 2 aromatic rings. The third kappa shape index (κ3) is 3.12. The molecular formula is C15H17N3O2. The Bertz CT molecular complexity index is 599. The minimum absolute atomic E-state index is 0.143. The summed E-state index contributed by atoms with van der Waals surface area (Å²) in [6, 6.07) is 10.0. The van der Waals surface area contributed by atoms with Gasteiger partial charge in [-0.1, -0.05) is 30.3 Å². The van der Waals surface area contributed by atoms with E-state index in [2.05, 4.69) is 9.97 Å². The lowest BCUT2D eigenvalue weighted by Crippen LogP contribution is -2.25. The molecule has 0 aliphatic heterocycles. The van der Waals surface area contributed by atoms with Gasteiger partial charge in [-0.2, -0.15) is 0 Å². The van der Waals surface area contributed by atoms with Crippen molar-refractivity contribution >= 4 is 11.9 Å². The Morgan fingerprint density at radius 2 is 2.00 bits per heavy atom. The number of hydrogen-bond donors (Lipinski definition) is 1. The van der Waals surface area contributed by atoms with Crippen LogP contribution in [0.5, 0.6) is 0 Å². The molecule has 104 valence electrons. The summed E-state index contributed by atoms with van der Waals surface area (Å²) in [6.45, 7) is 5.15. The highest BCUT2D eigenvalue weighted by Gasteiger charge is 2.13. The summed E-state index contributed by atoms with van der Waals surface area (Å²) in [4.78, 5) is 21.4. The quantitative estimate of drug-likeness (QED) is 0.905. The normalized spacial score (nSPS) is 10.3. The zero-order chi connectivity index (χ0) is 14.5. The molecule has 0 aliphatic carbocycles. The molecular weight excluding hydrogens is 254 g/mol. The van der Waals surface area contributed by atoms with Crippen molar-refractivity contribution in [3.63, 3.8) is 0 Å². The summed E-state index contributed by atoms with van der Waals surface area (Å²) >= 11 is 0. The third-order valence-electron chi connectivity index (χ3n) is 3.08. The lowest BCUT2D eigenvalue weighted by molar-refractivity contribution is 0.0695. The molecule has 0 aliphatic rings. The number of aromatic carboxylic acids is 1. The highest BCUT2D eigenvalue weighted by atomic mass is 16.4. The van der Waals surface area contributed by atoms with Crippen molar-refractivity contribution in [1.29, 1.82) is 0 Å². The SMILES string of the molecule is CCN(Cc1ccccc1)c1ncc(C(=O)O)c(C)n1. The second kappa shape index (κ2) is 6.14. The number of nitrogens with zero attached hydrogens (tertiary/aromatic N) is 3. The summed E-state index contributed by atoms with van der Waals surface area (Å²) in [5.74, 6) is -0.445. The standard InChI is InChI=1S/C15H17N3O2/c1-3-18(10-12-7-5-4-6-8-12)15-16-9-13(14(19)20)11(2)17-15/h4-9H,3,10H2,1-2H3,(H,19,20). The van der Waals surface area contributed by atoms with Gasteiger partial charge in [0.1, 0.15) is 0 Å². The van der Waals surface area contributed by atoms with Gasteiger partial charge in [-0.25, -0.2) is 14.8 Å². The molecule has 0 atom stereocenters. The van der Waals surface area contributed by atoms with Gasteiger partial charge in [0.2, 0.25) is 5.95 Å². The lowest BCUT2D eigenvalue weighted by atomic mass is 10.2. The van der Waals surface area contributed by atoms with E-state index in [-0.39, 0.29) is 5.56 Å². The van der Waals surface area contributed by atoms with Crippen LogP contribution in [0.1, 0.15) is 28.5 Å². The fourth-order valence-corrected chi connectivity index (χ4v) is 1.94. The van der Waals surface area contributed by atoms with Crippen LogP contribution in [-0.2, 0) is 6.54 Å². The molecule has 2 rings (SSSR count). The van der Waals surface area contributed by atoms with Gasteiger partial charge in [-0.15, -0.1) is 0 Å². The number of carboxylic acids is 1. The highest BCUT2D eigenvalue weighted by Crippen LogP contribution is 2.14. The summed E-state index contributed by atoms with van der Waals surface area (Å²) < 4.78 is 0. The van der Waals surface area contributed by atoms with Crippen LogP contribution in [0.2, 0.25) is 0 Å². The van der Waals surface area contributed by atoms with E-state index in [1.807, 2.05) is 42.2 Å². The van der Waals surface area contributed by atoms with Crippen molar-refractivity contribution in [3.05, 3.63) is 53.3 Å². The Morgan fingerprint density at radius 3 is 2.55 bits per heavy atom. The number of benzene rings is 1. The molecule has 5 nitrogen and oxygen atoms in total. The van der Waals surface area contributed by atoms with Gasteiger partial charge in [0.05, 0.1) is 11.3 Å². The average Bonchev–Trinajstić information content (AvgIpc) is 2.45. The number of carboxylic acid groups (broad SMARTS) is 1. The second-order valence-electron chi connectivity index (χ2n) is 4.47. The number of aryl methyl sites for hydroxylation is 1. The fraction of sp³-hybridized carbons (Fsp3) is 0.267. The maximum absolute atomic E-state index is 11.0. The van der Waals surface area contributed by atoms with E-state index < -0.39 is 5.97 Å². The molecule has 0 saturated heterocycles. The van der Waals surface area contributed by atoms with E-state index in [1.54, 1.807) is 6.92 Å². The van der Waals surface area contributed by atoms with E-state index >= 15 is 0 Å². The Hall–Kier alpha value is -2.43. The number of aromatic nitrogens is 2. The number of carbonyl (C=O) groups is 1. The van der Waals surface area contributed by atoms with Crippen LogP contribution in [-0.4, -0.2) is 27.6 Å². The van der Waals surface area contributed by atoms with Crippen LogP contribution in [0.25, 0.3) is 0 Å². The van der Waals surface area contributed by atoms with Crippen LogP contribution < -0.4 is 4.90 Å². The molecule has 0 saturated carbocycles. The van der Waals surface area contributed by atoms with Gasteiger partial charge in [-0.3, -0.25) is 0 Å². The van der Waals surface area contributed by atoms with Gasteiger partial charge in [0.25, 0.3) is 0 Å². The molecule has 1 aromatic carbocycles. The van der Waals surface area contributed by atoms with E-state index in [1.165, 1.54) is 6.20 Å². The molecule has 0 fully saturated rings. The maximum atomic E-state index is 11.0. The molecule has 1 aromatic heterocycles. The Balaban J connectivity index is 2.24. The van der Waals surface area contributed by atoms with Gasteiger partial charge < -0.3 is 10.0 Å². The first kappa shape index (κ1) is 14.0. The minimum Gasteiger partial charge on any atom is -0.478 e. The van der Waals surface area contributed by atoms with Gasteiger partial charge in [0.15, 0.2) is 0 Å². The predicted molar refractivity (Wildman–Crippen MR) is 76.9 cm³/mol. The number of hydrogen-bond acceptors (Lipinski definition) is 4. The van der Waals surface area contributed by atoms with Crippen molar-refractivity contribution in [3.8, 4) is 0 Å². The first-order valence-corrected chi connectivity index (χ1v) is 6.47. The zero-order valence-electron chi connectivity index (χ0n) is 11.6. The topological polar surface area (TPSA) is 66.3 Å². The fourth-order valence-electron chi connectivity index (χ4n) is 1.94. The van der Waals surface area contributed by atoms with Crippen LogP contribution in [0.15, 0.2) is 36.5 Å². The Kier molecular flexibility index (Phi) is 4.30. The third-order valence-corrected chi connectivity index (χ3v) is 3.08. The second-order valence-corrected chi connectivity index (χ2v) is 4.47. The molecule has 1 heterocycles. The average molecular weight is 271 g/mol. The smallest absolute Gasteiger partial charge is 0.339 e.